The van der Waals surface area contributed by atoms with Crippen LogP contribution in [0.1, 0.15) is 33.4 Å². The van der Waals surface area contributed by atoms with Crippen molar-refractivity contribution in [3.63, 3.8) is 0 Å². The molecule has 0 atom stereocenters. The van der Waals surface area contributed by atoms with Crippen LogP contribution in [0.25, 0.3) is 64.6 Å². The Morgan fingerprint density at radius 1 is 0.489 bits per heavy atom. The van der Waals surface area contributed by atoms with E-state index in [4.69, 9.17) is 19.7 Å². The third kappa shape index (κ3) is 3.33. The van der Waals surface area contributed by atoms with Gasteiger partial charge in [-0.15, -0.1) is 0 Å². The summed E-state index contributed by atoms with van der Waals surface area (Å²) in [5.74, 6) is -2.37. The Morgan fingerprint density at radius 3 is 1.29 bits per heavy atom. The number of fused-ring (bicyclic) bond motifs is 12. The van der Waals surface area contributed by atoms with E-state index in [0.717, 1.165) is 0 Å². The van der Waals surface area contributed by atoms with Crippen LogP contribution in [0, 0.1) is 71.2 Å². The summed E-state index contributed by atoms with van der Waals surface area (Å²) < 4.78 is 44.6. The molecule has 0 saturated heterocycles. The highest BCUT2D eigenvalue weighted by molar-refractivity contribution is 6.24. The first-order valence-corrected chi connectivity index (χ1v) is 13.0. The van der Waals surface area contributed by atoms with Gasteiger partial charge in [-0.05, 0) is 97.6 Å². The van der Waals surface area contributed by atoms with Crippen molar-refractivity contribution in [1.29, 1.82) is 15.8 Å². The normalized spacial score (nSPS) is 13.3. The zero-order valence-corrected chi connectivity index (χ0v) is 22.5. The van der Waals surface area contributed by atoms with Gasteiger partial charge in [0.25, 0.3) is 5.70 Å². The Kier molecular flexibility index (Phi) is 5.59. The minimum atomic E-state index is -0.658. The van der Waals surface area contributed by atoms with Gasteiger partial charge in [-0.1, -0.05) is 18.2 Å². The molecule has 0 unspecified atom stereocenters. The summed E-state index contributed by atoms with van der Waals surface area (Å²) in [5, 5.41) is 30.3. The van der Waals surface area contributed by atoms with Crippen LogP contribution in [0.3, 0.4) is 0 Å². The van der Waals surface area contributed by atoms with Crippen LogP contribution >= 0.6 is 0 Å². The molecule has 204 valence electrons. The first-order valence-electron chi connectivity index (χ1n) is 13.0. The lowest BCUT2D eigenvalue weighted by atomic mass is 9.83. The maximum absolute atomic E-state index is 14.9. The Morgan fingerprint density at radius 2 is 0.889 bits per heavy atom. The predicted molar refractivity (Wildman–Crippen MR) is 157 cm³/mol. The zero-order chi connectivity index (χ0) is 31.7. The maximum atomic E-state index is 14.9. The average Bonchev–Trinajstić information content (AvgIpc) is 3.65. The summed E-state index contributed by atoms with van der Waals surface area (Å²) in [6.07, 6.45) is 0. The highest BCUT2D eigenvalue weighted by Gasteiger charge is 2.45. The van der Waals surface area contributed by atoms with E-state index in [9.17, 15) is 29.0 Å². The summed E-state index contributed by atoms with van der Waals surface area (Å²) in [6, 6.07) is 17.2. The Balaban J connectivity index is 1.88. The molecule has 7 rings (SSSR count). The zero-order valence-electron chi connectivity index (χ0n) is 22.5. The SMILES string of the molecule is [C-]#[N+]C([N+]#[C-])=C1c2cc(F)ccc2-c2c1c1c(c3c2/C(=C(/C#N)[N+]#[C-])c2cc(F)ccc2-3)C(=C(C#N)C#N)c2cc(F)ccc2-1. The van der Waals surface area contributed by atoms with E-state index in [1.54, 1.807) is 0 Å². The van der Waals surface area contributed by atoms with Crippen LogP contribution in [0.15, 0.2) is 71.7 Å². The lowest BCUT2D eigenvalue weighted by molar-refractivity contribution is 0.627. The highest BCUT2D eigenvalue weighted by atomic mass is 19.1. The standard InChI is InChI=1S/C36H9F3N6/c1-43-26(15-42)28-24-11-18(38)5-8-21(24)29-33-27(16(13-40)14-41)23-10-17(37)4-7-20(23)30(33)35-31(34(28)29)22-9-6-19(39)12-25(22)32(35)36(44-2)45-3/h4-12H/b28-26-. The van der Waals surface area contributed by atoms with E-state index in [2.05, 4.69) is 14.5 Å². The molecule has 0 aromatic heterocycles. The van der Waals surface area contributed by atoms with Crippen molar-refractivity contribution in [1.82, 2.24) is 0 Å². The van der Waals surface area contributed by atoms with Gasteiger partial charge in [0.2, 0.25) is 0 Å². The Bertz CT molecular complexity index is 2180. The quantitative estimate of drug-likeness (QED) is 0.133. The van der Waals surface area contributed by atoms with Gasteiger partial charge in [-0.2, -0.15) is 20.2 Å². The van der Waals surface area contributed by atoms with Crippen molar-refractivity contribution < 1.29 is 13.2 Å². The van der Waals surface area contributed by atoms with Gasteiger partial charge in [-0.3, -0.25) is 0 Å². The number of allylic oxidation sites excluding steroid dienone is 2. The third-order valence-corrected chi connectivity index (χ3v) is 8.17. The van der Waals surface area contributed by atoms with Gasteiger partial charge in [0.05, 0.1) is 18.2 Å². The second-order valence-electron chi connectivity index (χ2n) is 10.2. The highest BCUT2D eigenvalue weighted by Crippen LogP contribution is 2.65. The van der Waals surface area contributed by atoms with Crippen LogP contribution < -0.4 is 0 Å². The number of halogens is 3. The molecule has 0 N–H and O–H groups in total. The average molecular weight is 583 g/mol. The van der Waals surface area contributed by atoms with E-state index in [1.165, 1.54) is 54.6 Å². The molecule has 0 aliphatic heterocycles. The molecule has 4 aromatic rings. The van der Waals surface area contributed by atoms with Crippen molar-refractivity contribution in [3.8, 4) is 51.6 Å². The summed E-state index contributed by atoms with van der Waals surface area (Å²) in [6.45, 7) is 23.5. The van der Waals surface area contributed by atoms with E-state index < -0.39 is 23.3 Å². The third-order valence-electron chi connectivity index (χ3n) is 8.17. The number of hydrogen-bond acceptors (Lipinski definition) is 3. The Hall–Kier alpha value is -7.17. The fourth-order valence-electron chi connectivity index (χ4n) is 6.68. The van der Waals surface area contributed by atoms with E-state index in [1.807, 2.05) is 18.2 Å². The lowest BCUT2D eigenvalue weighted by Crippen LogP contribution is -1.99. The molecule has 0 saturated carbocycles. The molecule has 3 aliphatic rings. The van der Waals surface area contributed by atoms with E-state index >= 15 is 0 Å². The maximum Gasteiger partial charge on any atom is 0.527 e. The van der Waals surface area contributed by atoms with Gasteiger partial charge >= 0.3 is 5.82 Å². The van der Waals surface area contributed by atoms with Gasteiger partial charge in [0.15, 0.2) is 0 Å². The van der Waals surface area contributed by atoms with E-state index in [-0.39, 0.29) is 61.4 Å². The van der Waals surface area contributed by atoms with Crippen LogP contribution in [0.5, 0.6) is 0 Å². The van der Waals surface area contributed by atoms with Crippen molar-refractivity contribution in [2.45, 2.75) is 0 Å². The monoisotopic (exact) mass is 582 g/mol. The molecule has 0 bridgehead atoms. The number of hydrogen-bond donors (Lipinski definition) is 0. The van der Waals surface area contributed by atoms with Crippen molar-refractivity contribution in [3.05, 3.63) is 157 Å². The number of benzene rings is 4. The summed E-state index contributed by atoms with van der Waals surface area (Å²) in [5.41, 5.74) is 3.04. The molecule has 3 aliphatic carbocycles. The predicted octanol–water partition coefficient (Wildman–Crippen LogP) is 8.65. The first kappa shape index (κ1) is 26.7. The topological polar surface area (TPSA) is 84.4 Å². The van der Waals surface area contributed by atoms with Crippen LogP contribution in [0.4, 0.5) is 13.2 Å². The largest absolute Gasteiger partial charge is 0.527 e. The molecule has 0 fully saturated rings. The van der Waals surface area contributed by atoms with Crippen LogP contribution in [-0.2, 0) is 0 Å². The van der Waals surface area contributed by atoms with Crippen molar-refractivity contribution in [2.24, 2.45) is 0 Å². The van der Waals surface area contributed by atoms with Gasteiger partial charge in [0, 0.05) is 16.7 Å². The second-order valence-corrected chi connectivity index (χ2v) is 10.2. The molecule has 4 aromatic carbocycles. The molecule has 9 heteroatoms. The minimum absolute atomic E-state index is 0.0649. The first-order chi connectivity index (χ1) is 21.8. The Labute approximate surface area is 253 Å². The van der Waals surface area contributed by atoms with Gasteiger partial charge in [0.1, 0.15) is 48.3 Å². The molecule has 0 heterocycles. The number of nitrogens with zero attached hydrogens (tertiary/aromatic N) is 6. The number of nitriles is 3. The second kappa shape index (κ2) is 9.42. The molecular formula is C36H9F3N6. The summed E-state index contributed by atoms with van der Waals surface area (Å²) >= 11 is 0. The van der Waals surface area contributed by atoms with Gasteiger partial charge in [-0.25, -0.2) is 23.3 Å². The fourth-order valence-corrected chi connectivity index (χ4v) is 6.68. The van der Waals surface area contributed by atoms with Gasteiger partial charge < -0.3 is 0 Å². The molecule has 45 heavy (non-hydrogen) atoms. The van der Waals surface area contributed by atoms with Crippen LogP contribution in [-0.4, -0.2) is 0 Å². The fraction of sp³-hybridized carbons (Fsp3) is 0. The molecule has 0 amide bonds. The lowest BCUT2D eigenvalue weighted by Gasteiger charge is -2.18. The number of rotatable bonds is 0. The molecule has 6 nitrogen and oxygen atoms in total. The summed E-state index contributed by atoms with van der Waals surface area (Å²) in [7, 11) is 0. The minimum Gasteiger partial charge on any atom is -0.226 e. The molecular weight excluding hydrogens is 573 g/mol. The van der Waals surface area contributed by atoms with Crippen molar-refractivity contribution >= 4 is 16.7 Å². The summed E-state index contributed by atoms with van der Waals surface area (Å²) in [4.78, 5) is 10.3. The van der Waals surface area contributed by atoms with E-state index in [0.29, 0.717) is 33.4 Å². The van der Waals surface area contributed by atoms with Crippen molar-refractivity contribution in [2.75, 3.05) is 0 Å². The molecule has 0 radical (unpaired) electrons. The van der Waals surface area contributed by atoms with Crippen LogP contribution in [0.2, 0.25) is 0 Å². The smallest absolute Gasteiger partial charge is 0.226 e. The molecule has 0 spiro atoms.